The Kier molecular flexibility index (Phi) is 5.93. The van der Waals surface area contributed by atoms with Gasteiger partial charge < -0.3 is 9.47 Å². The van der Waals surface area contributed by atoms with Crippen LogP contribution in [-0.4, -0.2) is 24.8 Å². The Morgan fingerprint density at radius 1 is 1.19 bits per heavy atom. The summed E-state index contributed by atoms with van der Waals surface area (Å²) in [5.74, 6) is 0.212. The van der Waals surface area contributed by atoms with Crippen molar-refractivity contribution in [1.29, 1.82) is 0 Å². The van der Waals surface area contributed by atoms with Gasteiger partial charge in [-0.2, -0.15) is 0 Å². The maximum absolute atomic E-state index is 13.4. The predicted molar refractivity (Wildman–Crippen MR) is 123 cm³/mol. The van der Waals surface area contributed by atoms with Crippen molar-refractivity contribution in [2.75, 3.05) is 14.2 Å². The minimum atomic E-state index is -0.602. The molecule has 6 nitrogen and oxygen atoms in total. The molecule has 1 atom stereocenters. The van der Waals surface area contributed by atoms with E-state index in [1.807, 2.05) is 54.6 Å². The number of methoxy groups -OCH3 is 2. The van der Waals surface area contributed by atoms with Crippen molar-refractivity contribution in [3.05, 3.63) is 95.1 Å². The van der Waals surface area contributed by atoms with Gasteiger partial charge in [0.25, 0.3) is 5.56 Å². The van der Waals surface area contributed by atoms with Crippen LogP contribution in [-0.2, 0) is 9.53 Å². The standard InChI is InChI=1S/C23H19BrN2O4S/c1-13-19(22(28)30-3)20(15-7-5-4-6-8-15)26-21(27)18(31-23(26)25-13)12-14-9-10-17(29-2)16(24)11-14/h4-12,20H,1-3H3/b18-12-/t20-/m0/s1. The third kappa shape index (κ3) is 3.88. The highest BCUT2D eigenvalue weighted by Gasteiger charge is 2.32. The Hall–Kier alpha value is -2.97. The number of carbonyl (C=O) groups excluding carboxylic acids is 1. The van der Waals surface area contributed by atoms with Gasteiger partial charge in [-0.25, -0.2) is 9.79 Å². The van der Waals surface area contributed by atoms with Gasteiger partial charge in [-0.1, -0.05) is 47.7 Å². The second-order valence-electron chi connectivity index (χ2n) is 6.88. The summed E-state index contributed by atoms with van der Waals surface area (Å²) in [6.07, 6.45) is 1.81. The highest BCUT2D eigenvalue weighted by Crippen LogP contribution is 2.30. The van der Waals surface area contributed by atoms with Gasteiger partial charge in [0, 0.05) is 0 Å². The molecule has 4 rings (SSSR count). The first-order chi connectivity index (χ1) is 14.9. The first-order valence-electron chi connectivity index (χ1n) is 9.44. The maximum atomic E-state index is 13.4. The summed E-state index contributed by atoms with van der Waals surface area (Å²) >= 11 is 4.77. The zero-order valence-electron chi connectivity index (χ0n) is 17.1. The van der Waals surface area contributed by atoms with E-state index in [0.717, 1.165) is 15.6 Å². The number of benzene rings is 2. The number of halogens is 1. The average molecular weight is 499 g/mol. The van der Waals surface area contributed by atoms with Crippen molar-refractivity contribution < 1.29 is 14.3 Å². The molecule has 2 aromatic carbocycles. The van der Waals surface area contributed by atoms with E-state index >= 15 is 0 Å². The lowest BCUT2D eigenvalue weighted by atomic mass is 9.96. The van der Waals surface area contributed by atoms with Crippen molar-refractivity contribution in [1.82, 2.24) is 4.57 Å². The number of esters is 1. The minimum absolute atomic E-state index is 0.210. The Balaban J connectivity index is 1.94. The number of rotatable bonds is 4. The fourth-order valence-corrected chi connectivity index (χ4v) is 5.17. The summed E-state index contributed by atoms with van der Waals surface area (Å²) in [6.45, 7) is 1.76. The number of allylic oxidation sites excluding steroid dienone is 1. The summed E-state index contributed by atoms with van der Waals surface area (Å²) in [4.78, 5) is 31.1. The molecule has 0 amide bonds. The highest BCUT2D eigenvalue weighted by atomic mass is 79.9. The molecule has 1 aliphatic rings. The van der Waals surface area contributed by atoms with E-state index in [9.17, 15) is 9.59 Å². The third-order valence-corrected chi connectivity index (χ3v) is 6.62. The highest BCUT2D eigenvalue weighted by molar-refractivity contribution is 9.10. The molecule has 0 radical (unpaired) electrons. The number of hydrogen-bond donors (Lipinski definition) is 0. The van der Waals surface area contributed by atoms with Crippen molar-refractivity contribution in [2.45, 2.75) is 13.0 Å². The monoisotopic (exact) mass is 498 g/mol. The van der Waals surface area contributed by atoms with Crippen LogP contribution in [0.4, 0.5) is 0 Å². The van der Waals surface area contributed by atoms with Gasteiger partial charge in [0.05, 0.1) is 40.5 Å². The Labute approximate surface area is 190 Å². The molecule has 0 N–H and O–H groups in total. The number of ether oxygens (including phenoxy) is 2. The van der Waals surface area contributed by atoms with Gasteiger partial charge in [-0.15, -0.1) is 0 Å². The van der Waals surface area contributed by atoms with Crippen LogP contribution in [0.5, 0.6) is 5.75 Å². The van der Waals surface area contributed by atoms with E-state index in [2.05, 4.69) is 20.9 Å². The summed E-state index contributed by atoms with van der Waals surface area (Å²) in [5.41, 5.74) is 2.36. The van der Waals surface area contributed by atoms with E-state index in [4.69, 9.17) is 9.47 Å². The predicted octanol–water partition coefficient (Wildman–Crippen LogP) is 3.18. The first kappa shape index (κ1) is 21.3. The molecule has 0 saturated heterocycles. The van der Waals surface area contributed by atoms with E-state index in [1.54, 1.807) is 18.6 Å². The summed E-state index contributed by atoms with van der Waals surface area (Å²) in [6, 6.07) is 14.4. The Morgan fingerprint density at radius 3 is 2.58 bits per heavy atom. The van der Waals surface area contributed by atoms with Gasteiger partial charge in [0.2, 0.25) is 0 Å². The molecule has 0 aliphatic carbocycles. The topological polar surface area (TPSA) is 69.9 Å². The maximum Gasteiger partial charge on any atom is 0.338 e. The van der Waals surface area contributed by atoms with Crippen LogP contribution in [0.1, 0.15) is 24.1 Å². The molecule has 0 fully saturated rings. The molecule has 0 spiro atoms. The molecule has 0 bridgehead atoms. The van der Waals surface area contributed by atoms with Gasteiger partial charge in [-0.05, 0) is 52.2 Å². The molecule has 3 aromatic rings. The number of fused-ring (bicyclic) bond motifs is 1. The molecule has 2 heterocycles. The molecule has 158 valence electrons. The smallest absolute Gasteiger partial charge is 0.338 e. The fraction of sp³-hybridized carbons (Fsp3) is 0.174. The lowest BCUT2D eigenvalue weighted by Crippen LogP contribution is -2.39. The summed E-state index contributed by atoms with van der Waals surface area (Å²) in [5, 5.41) is 0. The average Bonchev–Trinajstić information content (AvgIpc) is 3.07. The quantitative estimate of drug-likeness (QED) is 0.518. The molecular formula is C23H19BrN2O4S. The summed E-state index contributed by atoms with van der Waals surface area (Å²) < 4.78 is 13.2. The zero-order chi connectivity index (χ0) is 22.1. The minimum Gasteiger partial charge on any atom is -0.496 e. The molecule has 1 aromatic heterocycles. The number of nitrogens with zero attached hydrogens (tertiary/aromatic N) is 2. The van der Waals surface area contributed by atoms with Crippen LogP contribution in [0.25, 0.3) is 6.08 Å². The third-order valence-electron chi connectivity index (χ3n) is 5.02. The number of carbonyl (C=O) groups is 1. The first-order valence-corrected chi connectivity index (χ1v) is 11.0. The molecular weight excluding hydrogens is 480 g/mol. The lowest BCUT2D eigenvalue weighted by molar-refractivity contribution is -0.136. The Morgan fingerprint density at radius 2 is 1.94 bits per heavy atom. The van der Waals surface area contributed by atoms with Crippen molar-refractivity contribution >= 4 is 39.3 Å². The number of hydrogen-bond acceptors (Lipinski definition) is 6. The lowest BCUT2D eigenvalue weighted by Gasteiger charge is -2.24. The van der Waals surface area contributed by atoms with Crippen molar-refractivity contribution in [3.8, 4) is 5.75 Å². The molecule has 0 unspecified atom stereocenters. The molecule has 1 aliphatic heterocycles. The van der Waals surface area contributed by atoms with Crippen LogP contribution in [0, 0.1) is 0 Å². The van der Waals surface area contributed by atoms with Crippen LogP contribution in [0.15, 0.2) is 74.1 Å². The second-order valence-corrected chi connectivity index (χ2v) is 8.74. The fourth-order valence-electron chi connectivity index (χ4n) is 3.57. The van der Waals surface area contributed by atoms with Crippen molar-refractivity contribution in [3.63, 3.8) is 0 Å². The molecule has 31 heavy (non-hydrogen) atoms. The molecule has 8 heteroatoms. The van der Waals surface area contributed by atoms with Crippen LogP contribution in [0.3, 0.4) is 0 Å². The number of aromatic nitrogens is 1. The van der Waals surface area contributed by atoms with E-state index in [1.165, 1.54) is 18.4 Å². The zero-order valence-corrected chi connectivity index (χ0v) is 19.5. The normalized spacial score (nSPS) is 16.0. The summed E-state index contributed by atoms with van der Waals surface area (Å²) in [7, 11) is 2.93. The Bertz CT molecular complexity index is 1370. The van der Waals surface area contributed by atoms with E-state index in [-0.39, 0.29) is 5.56 Å². The van der Waals surface area contributed by atoms with Gasteiger partial charge in [-0.3, -0.25) is 9.36 Å². The number of thiazole rings is 1. The van der Waals surface area contributed by atoms with Crippen LogP contribution >= 0.6 is 27.3 Å². The van der Waals surface area contributed by atoms with Gasteiger partial charge in [0.15, 0.2) is 4.80 Å². The van der Waals surface area contributed by atoms with Crippen LogP contribution in [0.2, 0.25) is 0 Å². The van der Waals surface area contributed by atoms with E-state index < -0.39 is 12.0 Å². The largest absolute Gasteiger partial charge is 0.496 e. The second kappa shape index (κ2) is 8.64. The van der Waals surface area contributed by atoms with Gasteiger partial charge >= 0.3 is 5.97 Å². The van der Waals surface area contributed by atoms with Gasteiger partial charge in [0.1, 0.15) is 5.75 Å². The molecule has 0 saturated carbocycles. The van der Waals surface area contributed by atoms with Crippen molar-refractivity contribution in [2.24, 2.45) is 4.99 Å². The van der Waals surface area contributed by atoms with E-state index in [0.29, 0.717) is 26.4 Å². The SMILES string of the molecule is COC(=O)C1=C(C)N=c2s/c(=C\c3ccc(OC)c(Br)c3)c(=O)n2[C@H]1c1ccccc1. The van der Waals surface area contributed by atoms with Crippen LogP contribution < -0.4 is 19.6 Å².